The molecule has 26 heavy (non-hydrogen) atoms. The van der Waals surface area contributed by atoms with Gasteiger partial charge in [-0.1, -0.05) is 56.3 Å². The topological polar surface area (TPSA) is 24.9 Å². The van der Waals surface area contributed by atoms with Crippen molar-refractivity contribution in [1.29, 1.82) is 0 Å². The summed E-state index contributed by atoms with van der Waals surface area (Å²) in [6.07, 6.45) is 6.56. The van der Waals surface area contributed by atoms with Crippen LogP contribution in [0.5, 0.6) is 0 Å². The van der Waals surface area contributed by atoms with E-state index in [-0.39, 0.29) is 5.54 Å². The third kappa shape index (κ3) is 3.24. The molecule has 1 unspecified atom stereocenters. The van der Waals surface area contributed by atoms with Crippen molar-refractivity contribution in [2.75, 3.05) is 0 Å². The van der Waals surface area contributed by atoms with E-state index in [4.69, 9.17) is 0 Å². The fourth-order valence-corrected chi connectivity index (χ4v) is 4.11. The summed E-state index contributed by atoms with van der Waals surface area (Å²) in [6.45, 7) is 6.73. The van der Waals surface area contributed by atoms with Gasteiger partial charge in [0.05, 0.1) is 11.1 Å². The van der Waals surface area contributed by atoms with Gasteiger partial charge < -0.3 is 5.32 Å². The fraction of sp³-hybridized carbons (Fsp3) is 0.292. The van der Waals surface area contributed by atoms with Gasteiger partial charge in [0.1, 0.15) is 0 Å². The van der Waals surface area contributed by atoms with Gasteiger partial charge in [0.25, 0.3) is 0 Å². The molecular formula is C24H26N2. The number of rotatable bonds is 5. The fourth-order valence-electron chi connectivity index (χ4n) is 4.11. The third-order valence-corrected chi connectivity index (χ3v) is 5.19. The average Bonchev–Trinajstić information content (AvgIpc) is 2.60. The number of nitrogens with one attached hydrogen (secondary N) is 1. The standard InChI is InChI=1S/C24H26N2/c1-17(2)13-24(14-19-9-5-4-6-10-19)15-23(26-24)20-12-21-18(3)8-7-11-22(21)25-16-20/h4-12,15-17,26H,13-14H2,1-3H3. The Morgan fingerprint density at radius 1 is 1.04 bits per heavy atom. The predicted octanol–water partition coefficient (Wildman–Crippen LogP) is 5.51. The molecule has 0 saturated heterocycles. The van der Waals surface area contributed by atoms with Gasteiger partial charge in [-0.2, -0.15) is 0 Å². The lowest BCUT2D eigenvalue weighted by Gasteiger charge is -2.44. The second kappa shape index (κ2) is 6.60. The lowest BCUT2D eigenvalue weighted by Crippen LogP contribution is -2.52. The van der Waals surface area contributed by atoms with Gasteiger partial charge in [0.15, 0.2) is 0 Å². The SMILES string of the molecule is Cc1cccc2ncc(C3=CC(Cc4ccccc4)(CC(C)C)N3)cc12. The molecule has 0 amide bonds. The summed E-state index contributed by atoms with van der Waals surface area (Å²) in [7, 11) is 0. The van der Waals surface area contributed by atoms with Crippen molar-refractivity contribution in [3.63, 3.8) is 0 Å². The van der Waals surface area contributed by atoms with Gasteiger partial charge in [0, 0.05) is 22.8 Å². The second-order valence-electron chi connectivity index (χ2n) is 7.97. The van der Waals surface area contributed by atoms with Crippen LogP contribution in [-0.4, -0.2) is 10.5 Å². The van der Waals surface area contributed by atoms with Gasteiger partial charge in [-0.05, 0) is 55.0 Å². The van der Waals surface area contributed by atoms with Crippen molar-refractivity contribution < 1.29 is 0 Å². The van der Waals surface area contributed by atoms with Crippen LogP contribution < -0.4 is 5.32 Å². The summed E-state index contributed by atoms with van der Waals surface area (Å²) < 4.78 is 0. The maximum absolute atomic E-state index is 4.66. The van der Waals surface area contributed by atoms with E-state index in [0.29, 0.717) is 5.92 Å². The van der Waals surface area contributed by atoms with Crippen LogP contribution in [0, 0.1) is 12.8 Å². The Balaban J connectivity index is 1.66. The van der Waals surface area contributed by atoms with Crippen molar-refractivity contribution in [1.82, 2.24) is 10.3 Å². The zero-order valence-corrected chi connectivity index (χ0v) is 15.8. The van der Waals surface area contributed by atoms with Crippen LogP contribution in [0.25, 0.3) is 16.6 Å². The number of fused-ring (bicyclic) bond motifs is 1. The highest BCUT2D eigenvalue weighted by atomic mass is 15.0. The summed E-state index contributed by atoms with van der Waals surface area (Å²) in [5.74, 6) is 0.640. The molecule has 0 bridgehead atoms. The summed E-state index contributed by atoms with van der Waals surface area (Å²) in [5.41, 5.74) is 6.15. The van der Waals surface area contributed by atoms with E-state index >= 15 is 0 Å². The molecule has 0 aliphatic carbocycles. The predicted molar refractivity (Wildman–Crippen MR) is 110 cm³/mol. The van der Waals surface area contributed by atoms with E-state index < -0.39 is 0 Å². The lowest BCUT2D eigenvalue weighted by atomic mass is 9.77. The zero-order valence-electron chi connectivity index (χ0n) is 15.8. The van der Waals surface area contributed by atoms with Crippen molar-refractivity contribution in [2.24, 2.45) is 5.92 Å². The van der Waals surface area contributed by atoms with E-state index in [0.717, 1.165) is 18.4 Å². The molecule has 2 nitrogen and oxygen atoms in total. The molecule has 1 aliphatic heterocycles. The van der Waals surface area contributed by atoms with E-state index in [2.05, 4.69) is 91.7 Å². The van der Waals surface area contributed by atoms with Crippen LogP contribution >= 0.6 is 0 Å². The van der Waals surface area contributed by atoms with Crippen LogP contribution in [0.15, 0.2) is 66.9 Å². The molecule has 3 aromatic rings. The molecule has 0 fully saturated rings. The first-order chi connectivity index (χ1) is 12.5. The smallest absolute Gasteiger partial charge is 0.0705 e. The largest absolute Gasteiger partial charge is 0.375 e. The monoisotopic (exact) mass is 342 g/mol. The first-order valence-electron chi connectivity index (χ1n) is 9.45. The van der Waals surface area contributed by atoms with Crippen LogP contribution in [0.2, 0.25) is 0 Å². The summed E-state index contributed by atoms with van der Waals surface area (Å²) in [6, 6.07) is 19.3. The van der Waals surface area contributed by atoms with Crippen LogP contribution in [0.1, 0.15) is 37.0 Å². The molecule has 1 aromatic heterocycles. The highest BCUT2D eigenvalue weighted by molar-refractivity contribution is 5.86. The van der Waals surface area contributed by atoms with Crippen molar-refractivity contribution >= 4 is 16.6 Å². The Kier molecular flexibility index (Phi) is 4.28. The van der Waals surface area contributed by atoms with Gasteiger partial charge >= 0.3 is 0 Å². The Bertz CT molecular complexity index is 956. The molecule has 0 saturated carbocycles. The molecule has 1 N–H and O–H groups in total. The van der Waals surface area contributed by atoms with Gasteiger partial charge in [0.2, 0.25) is 0 Å². The first kappa shape index (κ1) is 16.8. The van der Waals surface area contributed by atoms with Crippen LogP contribution in [-0.2, 0) is 6.42 Å². The van der Waals surface area contributed by atoms with E-state index in [1.54, 1.807) is 0 Å². The molecule has 132 valence electrons. The van der Waals surface area contributed by atoms with Gasteiger partial charge in [-0.15, -0.1) is 0 Å². The van der Waals surface area contributed by atoms with Gasteiger partial charge in [-0.25, -0.2) is 0 Å². The number of hydrogen-bond acceptors (Lipinski definition) is 2. The van der Waals surface area contributed by atoms with Gasteiger partial charge in [-0.3, -0.25) is 4.98 Å². The Hall–Kier alpha value is -2.61. The number of pyridine rings is 1. The minimum Gasteiger partial charge on any atom is -0.375 e. The Labute approximate surface area is 156 Å². The molecule has 2 heterocycles. The third-order valence-electron chi connectivity index (χ3n) is 5.19. The number of nitrogens with zero attached hydrogens (tertiary/aromatic N) is 1. The maximum atomic E-state index is 4.66. The number of benzene rings is 2. The lowest BCUT2D eigenvalue weighted by molar-refractivity contribution is 0.341. The van der Waals surface area contributed by atoms with Crippen molar-refractivity contribution in [3.8, 4) is 0 Å². The highest BCUT2D eigenvalue weighted by Gasteiger charge is 2.37. The molecule has 0 radical (unpaired) electrons. The number of aryl methyl sites for hydroxylation is 1. The van der Waals surface area contributed by atoms with Crippen molar-refractivity contribution in [3.05, 3.63) is 83.6 Å². The Morgan fingerprint density at radius 3 is 2.54 bits per heavy atom. The number of hydrogen-bond donors (Lipinski definition) is 1. The van der Waals surface area contributed by atoms with E-state index in [9.17, 15) is 0 Å². The Morgan fingerprint density at radius 2 is 1.81 bits per heavy atom. The average molecular weight is 342 g/mol. The molecule has 0 spiro atoms. The first-order valence-corrected chi connectivity index (χ1v) is 9.45. The molecule has 2 heteroatoms. The molecule has 4 rings (SSSR count). The summed E-state index contributed by atoms with van der Waals surface area (Å²) in [5, 5.41) is 5.03. The normalized spacial score (nSPS) is 19.2. The number of aromatic nitrogens is 1. The van der Waals surface area contributed by atoms with E-state index in [1.807, 2.05) is 6.20 Å². The quantitative estimate of drug-likeness (QED) is 0.661. The molecule has 1 aliphatic rings. The van der Waals surface area contributed by atoms with E-state index in [1.165, 1.54) is 27.8 Å². The molecular weight excluding hydrogens is 316 g/mol. The minimum atomic E-state index is 0.0472. The zero-order chi connectivity index (χ0) is 18.1. The minimum absolute atomic E-state index is 0.0472. The highest BCUT2D eigenvalue weighted by Crippen LogP contribution is 2.36. The van der Waals surface area contributed by atoms with Crippen LogP contribution in [0.3, 0.4) is 0 Å². The second-order valence-corrected chi connectivity index (χ2v) is 7.97. The summed E-state index contributed by atoms with van der Waals surface area (Å²) >= 11 is 0. The van der Waals surface area contributed by atoms with Crippen molar-refractivity contribution in [2.45, 2.75) is 39.2 Å². The molecule has 1 atom stereocenters. The summed E-state index contributed by atoms with van der Waals surface area (Å²) in [4.78, 5) is 4.66. The van der Waals surface area contributed by atoms with Crippen LogP contribution in [0.4, 0.5) is 0 Å². The maximum Gasteiger partial charge on any atom is 0.0705 e. The molecule has 2 aromatic carbocycles.